The second kappa shape index (κ2) is 18.8. The van der Waals surface area contributed by atoms with Crippen molar-refractivity contribution in [2.24, 2.45) is 11.7 Å². The summed E-state index contributed by atoms with van der Waals surface area (Å²) < 4.78 is 8.37. The number of ether oxygens (including phenoxy) is 1. The third-order valence-electron chi connectivity index (χ3n) is 10.5. The molecule has 0 bridgehead atoms. The quantitative estimate of drug-likeness (QED) is 0.0615. The number of carbonyl (C=O) groups is 3. The van der Waals surface area contributed by atoms with Crippen molar-refractivity contribution < 1.29 is 44.7 Å². The minimum absolute atomic E-state index is 0.0986. The summed E-state index contributed by atoms with van der Waals surface area (Å²) in [6.45, 7) is 2.61. The zero-order valence-electron chi connectivity index (χ0n) is 32.8. The number of hydrogen-bond acceptors (Lipinski definition) is 12. The smallest absolute Gasteiger partial charge is 0.329 e. The minimum atomic E-state index is -1.91. The Morgan fingerprint density at radius 3 is 2.10 bits per heavy atom. The topological polar surface area (TPSA) is 268 Å². The minimum Gasteiger partial charge on any atom is -0.506 e. The van der Waals surface area contributed by atoms with E-state index < -0.39 is 77.5 Å². The molecular weight excluding hydrogens is 810 g/mol. The number of nitrogens with two attached hydrogens (primary N) is 1. The first kappa shape index (κ1) is 44.1. The van der Waals surface area contributed by atoms with Crippen LogP contribution in [0, 0.1) is 5.92 Å². The van der Waals surface area contributed by atoms with Crippen LogP contribution in [0.3, 0.4) is 0 Å². The van der Waals surface area contributed by atoms with Gasteiger partial charge in [-0.2, -0.15) is 0 Å². The van der Waals surface area contributed by atoms with Crippen LogP contribution in [0.25, 0.3) is 0 Å². The van der Waals surface area contributed by atoms with Gasteiger partial charge in [0.05, 0.1) is 24.3 Å². The highest BCUT2D eigenvalue weighted by atomic mass is 35.5. The maximum atomic E-state index is 12.7. The molecule has 7 rings (SSSR count). The molecule has 3 aromatic carbocycles. The van der Waals surface area contributed by atoms with Crippen molar-refractivity contribution >= 4 is 29.3 Å². The molecule has 9 N–H and O–H groups in total. The highest BCUT2D eigenvalue weighted by Crippen LogP contribution is 2.43. The number of hydrogen-bond donors (Lipinski definition) is 8. The second-order valence-corrected chi connectivity index (χ2v) is 14.8. The van der Waals surface area contributed by atoms with E-state index in [1.807, 2.05) is 42.9 Å². The lowest BCUT2D eigenvalue weighted by Crippen LogP contribution is -2.57. The Kier molecular flexibility index (Phi) is 13.6. The molecule has 0 radical (unpaired) electrons. The van der Waals surface area contributed by atoms with E-state index in [4.69, 9.17) is 22.1 Å². The number of benzene rings is 3. The fraction of sp³-hybridized carbons (Fsp3) is 0.256. The van der Waals surface area contributed by atoms with Crippen molar-refractivity contribution in [3.63, 3.8) is 0 Å². The highest BCUT2D eigenvalue weighted by Gasteiger charge is 2.51. The molecule has 318 valence electrons. The Labute approximate surface area is 353 Å². The number of ketones is 1. The van der Waals surface area contributed by atoms with Crippen LogP contribution in [0.5, 0.6) is 5.75 Å². The van der Waals surface area contributed by atoms with Gasteiger partial charge in [0.1, 0.15) is 41.4 Å². The fourth-order valence-electron chi connectivity index (χ4n) is 7.27. The average molecular weight is 854 g/mol. The van der Waals surface area contributed by atoms with Gasteiger partial charge in [0.2, 0.25) is 5.91 Å². The van der Waals surface area contributed by atoms with Crippen molar-refractivity contribution in [1.29, 1.82) is 0 Å². The molecule has 8 atom stereocenters. The Morgan fingerprint density at radius 1 is 0.951 bits per heavy atom. The summed E-state index contributed by atoms with van der Waals surface area (Å²) in [4.78, 5) is 58.8. The number of carboxylic acid groups (broad SMARTS) is 1. The molecule has 4 heterocycles. The molecular formula is C43H44ClN7O10. The first-order valence-corrected chi connectivity index (χ1v) is 19.3. The summed E-state index contributed by atoms with van der Waals surface area (Å²) in [6.07, 6.45) is -0.451. The van der Waals surface area contributed by atoms with E-state index in [-0.39, 0.29) is 17.1 Å². The van der Waals surface area contributed by atoms with E-state index in [1.54, 1.807) is 6.20 Å². The molecule has 1 aliphatic rings. The van der Waals surface area contributed by atoms with Crippen molar-refractivity contribution in [2.75, 3.05) is 0 Å². The first-order chi connectivity index (χ1) is 29.2. The van der Waals surface area contributed by atoms with Crippen molar-refractivity contribution in [3.8, 4) is 5.75 Å². The maximum Gasteiger partial charge on any atom is 0.329 e. The predicted octanol–water partition coefficient (Wildman–Crippen LogP) is 2.74. The number of amides is 1. The van der Waals surface area contributed by atoms with Crippen LogP contribution in [0.15, 0.2) is 133 Å². The number of aromatic nitrogens is 5. The number of H-pyrrole nitrogens is 1. The van der Waals surface area contributed by atoms with Gasteiger partial charge < -0.3 is 50.9 Å². The Morgan fingerprint density at radius 2 is 1.57 bits per heavy atom. The van der Waals surface area contributed by atoms with E-state index >= 15 is 0 Å². The third kappa shape index (κ3) is 9.02. The van der Waals surface area contributed by atoms with Gasteiger partial charge in [-0.1, -0.05) is 97.4 Å². The number of Topliss-reactive ketones (excluding diaryl/α,β-unsaturated/α-hetero) is 1. The molecule has 1 amide bonds. The van der Waals surface area contributed by atoms with Crippen molar-refractivity contribution in [3.05, 3.63) is 172 Å². The molecule has 1 saturated heterocycles. The molecule has 18 heteroatoms. The van der Waals surface area contributed by atoms with Crippen molar-refractivity contribution in [2.45, 2.75) is 62.1 Å². The van der Waals surface area contributed by atoms with Gasteiger partial charge in [0.15, 0.2) is 18.1 Å². The predicted molar refractivity (Wildman–Crippen MR) is 220 cm³/mol. The first-order valence-electron chi connectivity index (χ1n) is 19.0. The molecule has 1 unspecified atom stereocenters. The van der Waals surface area contributed by atoms with Crippen LogP contribution >= 0.6 is 11.6 Å². The SMILES string of the molecule is CC(=O)c1cn([C@@H]2OC([C@H](NC(=O)[C@@H](N)[C@H](C)[C@H](O)c3ccc(O)cn3)C(=O)O)[C@H](O)[C@@H]2O)c(=O)[nH]1.Clc1ccccc1C(c1ccccc1)(c1ccccc1)n1ccnc1. The monoisotopic (exact) mass is 853 g/mol. The molecule has 17 nitrogen and oxygen atoms in total. The van der Waals surface area contributed by atoms with Gasteiger partial charge in [0, 0.05) is 42.0 Å². The lowest BCUT2D eigenvalue weighted by molar-refractivity contribution is -0.149. The van der Waals surface area contributed by atoms with Gasteiger partial charge in [-0.3, -0.25) is 19.1 Å². The van der Waals surface area contributed by atoms with Crippen LogP contribution in [-0.2, 0) is 19.9 Å². The number of rotatable bonds is 13. The second-order valence-electron chi connectivity index (χ2n) is 14.4. The largest absolute Gasteiger partial charge is 0.506 e. The number of imidazole rings is 2. The van der Waals surface area contributed by atoms with Crippen LogP contribution in [0.1, 0.15) is 59.1 Å². The molecule has 61 heavy (non-hydrogen) atoms. The number of halogens is 1. The number of carbonyl (C=O) groups excluding carboxylic acids is 2. The molecule has 1 aliphatic heterocycles. The lowest BCUT2D eigenvalue weighted by Gasteiger charge is -2.37. The molecule has 0 aliphatic carbocycles. The zero-order valence-corrected chi connectivity index (χ0v) is 33.5. The van der Waals surface area contributed by atoms with Crippen LogP contribution < -0.4 is 16.7 Å². The van der Waals surface area contributed by atoms with Gasteiger partial charge in [-0.15, -0.1) is 0 Å². The van der Waals surface area contributed by atoms with Crippen LogP contribution in [0.4, 0.5) is 0 Å². The lowest BCUT2D eigenvalue weighted by atomic mass is 9.76. The molecule has 0 saturated carbocycles. The number of aromatic amines is 1. The molecule has 6 aromatic rings. The van der Waals surface area contributed by atoms with Gasteiger partial charge in [0.25, 0.3) is 0 Å². The number of carboxylic acids is 1. The van der Waals surface area contributed by atoms with Crippen LogP contribution in [0.2, 0.25) is 5.02 Å². The van der Waals surface area contributed by atoms with E-state index in [2.05, 4.69) is 79.4 Å². The zero-order chi connectivity index (χ0) is 44.0. The molecule has 1 fully saturated rings. The van der Waals surface area contributed by atoms with Gasteiger partial charge in [-0.05, 0) is 29.3 Å². The number of nitrogens with one attached hydrogen (secondary N) is 2. The van der Waals surface area contributed by atoms with E-state index in [0.29, 0.717) is 0 Å². The van der Waals surface area contributed by atoms with Crippen LogP contribution in [-0.4, -0.2) is 97.7 Å². The number of aliphatic carboxylic acids is 1. The average Bonchev–Trinajstić information content (AvgIpc) is 4.01. The molecule has 0 spiro atoms. The van der Waals surface area contributed by atoms with Gasteiger partial charge in [-0.25, -0.2) is 14.6 Å². The summed E-state index contributed by atoms with van der Waals surface area (Å²) in [5.74, 6) is -4.24. The summed E-state index contributed by atoms with van der Waals surface area (Å²) in [7, 11) is 0. The number of aromatic hydroxyl groups is 1. The van der Waals surface area contributed by atoms with E-state index in [1.165, 1.54) is 26.0 Å². The summed E-state index contributed by atoms with van der Waals surface area (Å²) >= 11 is 6.69. The number of pyridine rings is 1. The third-order valence-corrected chi connectivity index (χ3v) is 10.9. The Balaban J connectivity index is 0.000000217. The summed E-state index contributed by atoms with van der Waals surface area (Å²) in [5.41, 5.74) is 7.80. The molecule has 3 aromatic heterocycles. The number of aliphatic hydroxyl groups excluding tert-OH is 3. The van der Waals surface area contributed by atoms with E-state index in [9.17, 15) is 44.7 Å². The Bertz CT molecular complexity index is 2440. The van der Waals surface area contributed by atoms with Crippen molar-refractivity contribution in [1.82, 2.24) is 29.4 Å². The summed E-state index contributed by atoms with van der Waals surface area (Å²) in [6, 6.07) is 28.1. The fourth-order valence-corrected chi connectivity index (χ4v) is 7.54. The highest BCUT2D eigenvalue weighted by molar-refractivity contribution is 6.31. The Hall–Kier alpha value is -6.47. The summed E-state index contributed by atoms with van der Waals surface area (Å²) in [5, 5.41) is 53.2. The number of aliphatic hydroxyl groups is 3. The van der Waals surface area contributed by atoms with Gasteiger partial charge >= 0.3 is 11.7 Å². The maximum absolute atomic E-state index is 12.7. The normalized spacial score (nSPS) is 19.5. The van der Waals surface area contributed by atoms with E-state index in [0.717, 1.165) is 38.7 Å². The standard InChI is InChI=1S/C22H17ClN2.C21H27N5O10/c23-21-14-8-7-13-20(21)22(25-16-15-24-17-25,18-9-3-1-4-10-18)19-11-5-2-6-12-19;1-7(14(29)10-4-3-9(28)5-23-10)12(22)18(32)25-13(20(33)34)17-15(30)16(31)19(36-17)26-6-11(8(2)27)24-21(26)35/h1-17H;3-7,12-17,19,28-31H,22H2,1-2H3,(H,24,35)(H,25,32)(H,33,34)/t;7-,12-,13-,14-,15+,16-,17?,19+/m.0/s1. The number of nitrogens with zero attached hydrogens (tertiary/aromatic N) is 4.